The Morgan fingerprint density at radius 3 is 2.60 bits per heavy atom. The first kappa shape index (κ1) is 19.9. The molecule has 1 aliphatic carbocycles. The minimum Gasteiger partial charge on any atom is -0.352 e. The predicted molar refractivity (Wildman–Crippen MR) is 104 cm³/mol. The van der Waals surface area contributed by atoms with Gasteiger partial charge in [0.25, 0.3) is 0 Å². The van der Waals surface area contributed by atoms with Gasteiger partial charge < -0.3 is 16.4 Å². The summed E-state index contributed by atoms with van der Waals surface area (Å²) in [6.45, 7) is 6.15. The lowest BCUT2D eigenvalue weighted by atomic mass is 9.84. The smallest absolute Gasteiger partial charge is 0.224 e. The van der Waals surface area contributed by atoms with E-state index in [1.54, 1.807) is 0 Å². The number of nitrogens with one attached hydrogen (secondary N) is 2. The summed E-state index contributed by atoms with van der Waals surface area (Å²) in [5.74, 6) is 0.705. The number of hydrogen-bond acceptors (Lipinski definition) is 3. The molecule has 0 aromatic heterocycles. The Labute approximate surface area is 153 Å². The van der Waals surface area contributed by atoms with E-state index >= 15 is 0 Å². The monoisotopic (exact) mass is 345 g/mol. The number of benzene rings is 1. The fourth-order valence-electron chi connectivity index (χ4n) is 3.71. The highest BCUT2D eigenvalue weighted by molar-refractivity contribution is 5.79. The molecule has 4 nitrogen and oxygen atoms in total. The minimum absolute atomic E-state index is 0.00673. The molecule has 1 aliphatic rings. The lowest BCUT2D eigenvalue weighted by Gasteiger charge is -2.30. The van der Waals surface area contributed by atoms with E-state index in [2.05, 4.69) is 48.7 Å². The van der Waals surface area contributed by atoms with E-state index in [9.17, 15) is 4.79 Å². The summed E-state index contributed by atoms with van der Waals surface area (Å²) >= 11 is 0. The highest BCUT2D eigenvalue weighted by atomic mass is 16.2. The van der Waals surface area contributed by atoms with Gasteiger partial charge in [-0.05, 0) is 43.7 Å². The maximum absolute atomic E-state index is 12.6. The van der Waals surface area contributed by atoms with E-state index in [4.69, 9.17) is 5.73 Å². The van der Waals surface area contributed by atoms with Gasteiger partial charge in [0, 0.05) is 18.6 Å². The molecule has 0 radical (unpaired) electrons. The topological polar surface area (TPSA) is 67.1 Å². The Hall–Kier alpha value is -1.39. The molecule has 0 saturated heterocycles. The van der Waals surface area contributed by atoms with Gasteiger partial charge in [-0.25, -0.2) is 0 Å². The molecule has 2 rings (SSSR count). The van der Waals surface area contributed by atoms with Gasteiger partial charge in [0.1, 0.15) is 0 Å². The third kappa shape index (κ3) is 7.17. The average molecular weight is 346 g/mol. The first-order valence-electron chi connectivity index (χ1n) is 9.87. The number of carbonyl (C=O) groups is 1. The minimum atomic E-state index is -0.00673. The molecule has 1 aromatic carbocycles. The molecule has 1 aromatic rings. The van der Waals surface area contributed by atoms with Crippen molar-refractivity contribution in [1.82, 2.24) is 10.6 Å². The van der Waals surface area contributed by atoms with Gasteiger partial charge in [-0.3, -0.25) is 4.79 Å². The number of hydrogen-bond donors (Lipinski definition) is 3. The van der Waals surface area contributed by atoms with Crippen molar-refractivity contribution in [2.45, 2.75) is 64.5 Å². The van der Waals surface area contributed by atoms with Crippen LogP contribution in [0.3, 0.4) is 0 Å². The molecular formula is C21H35N3O. The molecule has 4 N–H and O–H groups in total. The second-order valence-corrected chi connectivity index (χ2v) is 7.83. The summed E-state index contributed by atoms with van der Waals surface area (Å²) in [6, 6.07) is 10.7. The molecule has 0 heterocycles. The molecule has 25 heavy (non-hydrogen) atoms. The number of nitrogens with two attached hydrogens (primary N) is 1. The molecule has 0 spiro atoms. The largest absolute Gasteiger partial charge is 0.352 e. The zero-order valence-electron chi connectivity index (χ0n) is 15.8. The van der Waals surface area contributed by atoms with E-state index in [0.29, 0.717) is 5.92 Å². The van der Waals surface area contributed by atoms with Crippen molar-refractivity contribution in [3.05, 3.63) is 35.9 Å². The molecule has 3 atom stereocenters. The summed E-state index contributed by atoms with van der Waals surface area (Å²) in [5.41, 5.74) is 7.51. The van der Waals surface area contributed by atoms with Crippen molar-refractivity contribution >= 4 is 5.91 Å². The Balaban J connectivity index is 1.78. The summed E-state index contributed by atoms with van der Waals surface area (Å²) in [6.07, 6.45) is 6.19. The molecule has 0 bridgehead atoms. The maximum atomic E-state index is 12.6. The van der Waals surface area contributed by atoms with Crippen molar-refractivity contribution in [3.8, 4) is 0 Å². The zero-order chi connectivity index (χ0) is 18.1. The van der Waals surface area contributed by atoms with Crippen LogP contribution in [0.2, 0.25) is 0 Å². The summed E-state index contributed by atoms with van der Waals surface area (Å²) in [5, 5.41) is 6.78. The number of rotatable bonds is 9. The van der Waals surface area contributed by atoms with E-state index < -0.39 is 0 Å². The standard InChI is InChI=1S/C21H35N3O/c1-16(2)14-18(15-23-13-12-17-8-4-3-5-9-17)24-21(25)19-10-6-7-11-20(19)22/h3-5,8-9,16,18-20,23H,6-7,10-15,22H2,1-2H3,(H,24,25)/t18?,19-,20+/m1/s1. The van der Waals surface area contributed by atoms with Gasteiger partial charge in [-0.2, -0.15) is 0 Å². The van der Waals surface area contributed by atoms with Crippen molar-refractivity contribution in [2.75, 3.05) is 13.1 Å². The van der Waals surface area contributed by atoms with Crippen LogP contribution in [0, 0.1) is 11.8 Å². The van der Waals surface area contributed by atoms with Crippen LogP contribution < -0.4 is 16.4 Å². The normalized spacial score (nSPS) is 21.9. The first-order valence-corrected chi connectivity index (χ1v) is 9.87. The number of amides is 1. The van der Waals surface area contributed by atoms with E-state index in [1.807, 2.05) is 6.07 Å². The van der Waals surface area contributed by atoms with Gasteiger partial charge in [0.15, 0.2) is 0 Å². The summed E-state index contributed by atoms with van der Waals surface area (Å²) in [7, 11) is 0. The molecule has 0 aliphatic heterocycles. The van der Waals surface area contributed by atoms with E-state index in [1.165, 1.54) is 5.56 Å². The van der Waals surface area contributed by atoms with Crippen LogP contribution in [0.5, 0.6) is 0 Å². The maximum Gasteiger partial charge on any atom is 0.224 e. The second kappa shape index (κ2) is 10.6. The SMILES string of the molecule is CC(C)CC(CNCCc1ccccc1)NC(=O)[C@@H]1CCCC[C@@H]1N. The number of carbonyl (C=O) groups excluding carboxylic acids is 1. The van der Waals surface area contributed by atoms with Gasteiger partial charge >= 0.3 is 0 Å². The molecule has 1 saturated carbocycles. The highest BCUT2D eigenvalue weighted by Gasteiger charge is 2.29. The molecule has 140 valence electrons. The van der Waals surface area contributed by atoms with Crippen LogP contribution in [-0.4, -0.2) is 31.1 Å². The van der Waals surface area contributed by atoms with Crippen molar-refractivity contribution in [1.29, 1.82) is 0 Å². The fourth-order valence-corrected chi connectivity index (χ4v) is 3.71. The van der Waals surface area contributed by atoms with Gasteiger partial charge in [0.05, 0.1) is 5.92 Å². The lowest BCUT2D eigenvalue weighted by Crippen LogP contribution is -2.50. The molecule has 1 amide bonds. The van der Waals surface area contributed by atoms with Crippen LogP contribution >= 0.6 is 0 Å². The van der Waals surface area contributed by atoms with E-state index in [-0.39, 0.29) is 23.9 Å². The molecule has 1 fully saturated rings. The van der Waals surface area contributed by atoms with Crippen LogP contribution in [0.1, 0.15) is 51.5 Å². The predicted octanol–water partition coefficient (Wildman–Crippen LogP) is 2.87. The van der Waals surface area contributed by atoms with Crippen molar-refractivity contribution in [3.63, 3.8) is 0 Å². The highest BCUT2D eigenvalue weighted by Crippen LogP contribution is 2.23. The van der Waals surface area contributed by atoms with E-state index in [0.717, 1.165) is 51.6 Å². The third-order valence-corrected chi connectivity index (χ3v) is 5.08. The van der Waals surface area contributed by atoms with Crippen LogP contribution in [0.15, 0.2) is 30.3 Å². The second-order valence-electron chi connectivity index (χ2n) is 7.83. The lowest BCUT2D eigenvalue weighted by molar-refractivity contribution is -0.127. The average Bonchev–Trinajstić information content (AvgIpc) is 2.59. The summed E-state index contributed by atoms with van der Waals surface area (Å²) < 4.78 is 0. The van der Waals surface area contributed by atoms with Gasteiger partial charge in [0.2, 0.25) is 5.91 Å². The quantitative estimate of drug-likeness (QED) is 0.603. The first-order chi connectivity index (χ1) is 12.1. The van der Waals surface area contributed by atoms with Crippen LogP contribution in [-0.2, 0) is 11.2 Å². The third-order valence-electron chi connectivity index (χ3n) is 5.08. The molecule has 4 heteroatoms. The fraction of sp³-hybridized carbons (Fsp3) is 0.667. The Morgan fingerprint density at radius 2 is 1.92 bits per heavy atom. The molecular weight excluding hydrogens is 310 g/mol. The van der Waals surface area contributed by atoms with Crippen LogP contribution in [0.25, 0.3) is 0 Å². The van der Waals surface area contributed by atoms with Crippen molar-refractivity contribution < 1.29 is 4.79 Å². The zero-order valence-corrected chi connectivity index (χ0v) is 15.8. The summed E-state index contributed by atoms with van der Waals surface area (Å²) in [4.78, 5) is 12.6. The van der Waals surface area contributed by atoms with Crippen molar-refractivity contribution in [2.24, 2.45) is 17.6 Å². The van der Waals surface area contributed by atoms with Gasteiger partial charge in [-0.1, -0.05) is 57.0 Å². The van der Waals surface area contributed by atoms with Crippen LogP contribution in [0.4, 0.5) is 0 Å². The Kier molecular flexibility index (Phi) is 8.42. The Bertz CT molecular complexity index is 503. The molecule has 1 unspecified atom stereocenters. The van der Waals surface area contributed by atoms with Gasteiger partial charge in [-0.15, -0.1) is 0 Å². The Morgan fingerprint density at radius 1 is 1.20 bits per heavy atom.